The molecule has 0 aliphatic carbocycles. The minimum absolute atomic E-state index is 0.00699. The summed E-state index contributed by atoms with van der Waals surface area (Å²) in [4.78, 5) is 17.4. The number of hydrogen-bond donors (Lipinski definition) is 2. The zero-order valence-electron chi connectivity index (χ0n) is 14.6. The highest BCUT2D eigenvalue weighted by atomic mass is 32.2. The average Bonchev–Trinajstić information content (AvgIpc) is 2.92. The molecule has 1 aromatic carbocycles. The Morgan fingerprint density at radius 2 is 1.92 bits per heavy atom. The van der Waals surface area contributed by atoms with Gasteiger partial charge in [0.2, 0.25) is 10.0 Å². The molecule has 2 aromatic heterocycles. The normalized spacial score (nSPS) is 11.7. The SMILES string of the molecule is CCCc1nc2cc(C)ccn2c1C(=O)Nc1ccc(S(N)(=O)=O)cc1. The molecule has 3 rings (SSSR count). The van der Waals surface area contributed by atoms with Gasteiger partial charge in [0.15, 0.2) is 0 Å². The highest BCUT2D eigenvalue weighted by molar-refractivity contribution is 7.89. The summed E-state index contributed by atoms with van der Waals surface area (Å²) >= 11 is 0. The molecule has 0 fully saturated rings. The summed E-state index contributed by atoms with van der Waals surface area (Å²) in [5, 5.41) is 7.88. The fourth-order valence-electron chi connectivity index (χ4n) is 2.77. The molecular formula is C18H20N4O3S. The maximum atomic E-state index is 12.8. The first-order chi connectivity index (χ1) is 12.3. The van der Waals surface area contributed by atoms with Gasteiger partial charge in [-0.25, -0.2) is 18.5 Å². The van der Waals surface area contributed by atoms with E-state index in [0.717, 1.165) is 23.3 Å². The number of carbonyl (C=O) groups excluding carboxylic acids is 1. The molecule has 3 N–H and O–H groups in total. The van der Waals surface area contributed by atoms with Crippen LogP contribution in [0.3, 0.4) is 0 Å². The minimum atomic E-state index is -3.77. The monoisotopic (exact) mass is 372 g/mol. The third-order valence-corrected chi connectivity index (χ3v) is 4.93. The van der Waals surface area contributed by atoms with E-state index in [2.05, 4.69) is 10.3 Å². The summed E-state index contributed by atoms with van der Waals surface area (Å²) in [6.45, 7) is 4.00. The van der Waals surface area contributed by atoms with Crippen molar-refractivity contribution < 1.29 is 13.2 Å². The van der Waals surface area contributed by atoms with Gasteiger partial charge < -0.3 is 5.32 Å². The first-order valence-corrected chi connectivity index (χ1v) is 9.76. The van der Waals surface area contributed by atoms with Gasteiger partial charge in [-0.2, -0.15) is 0 Å². The van der Waals surface area contributed by atoms with Crippen molar-refractivity contribution in [3.63, 3.8) is 0 Å². The smallest absolute Gasteiger partial charge is 0.274 e. The molecule has 0 radical (unpaired) electrons. The predicted molar refractivity (Wildman–Crippen MR) is 99.7 cm³/mol. The Kier molecular flexibility index (Phi) is 4.80. The van der Waals surface area contributed by atoms with Crippen LogP contribution in [0.2, 0.25) is 0 Å². The van der Waals surface area contributed by atoms with Gasteiger partial charge in [0.1, 0.15) is 11.3 Å². The van der Waals surface area contributed by atoms with Crippen molar-refractivity contribution >= 4 is 27.3 Å². The van der Waals surface area contributed by atoms with Gasteiger partial charge in [-0.15, -0.1) is 0 Å². The van der Waals surface area contributed by atoms with E-state index in [1.54, 1.807) is 4.40 Å². The minimum Gasteiger partial charge on any atom is -0.321 e. The zero-order valence-corrected chi connectivity index (χ0v) is 15.4. The molecule has 3 aromatic rings. The van der Waals surface area contributed by atoms with Crippen molar-refractivity contribution in [3.8, 4) is 0 Å². The Labute approximate surface area is 151 Å². The van der Waals surface area contributed by atoms with Gasteiger partial charge in [0.05, 0.1) is 10.6 Å². The lowest BCUT2D eigenvalue weighted by atomic mass is 10.2. The summed E-state index contributed by atoms with van der Waals surface area (Å²) < 4.78 is 24.4. The Bertz CT molecular complexity index is 1070. The van der Waals surface area contributed by atoms with Crippen LogP contribution >= 0.6 is 0 Å². The van der Waals surface area contributed by atoms with Gasteiger partial charge in [0.25, 0.3) is 5.91 Å². The van der Waals surface area contributed by atoms with Crippen LogP contribution in [0.25, 0.3) is 5.65 Å². The van der Waals surface area contributed by atoms with Crippen molar-refractivity contribution in [2.75, 3.05) is 5.32 Å². The molecule has 0 atom stereocenters. The van der Waals surface area contributed by atoms with E-state index in [0.29, 0.717) is 17.8 Å². The lowest BCUT2D eigenvalue weighted by molar-refractivity contribution is 0.102. The van der Waals surface area contributed by atoms with Crippen LogP contribution in [-0.4, -0.2) is 23.7 Å². The summed E-state index contributed by atoms with van der Waals surface area (Å²) in [6.07, 6.45) is 3.38. The maximum absolute atomic E-state index is 12.8. The van der Waals surface area contributed by atoms with Gasteiger partial charge >= 0.3 is 0 Å². The maximum Gasteiger partial charge on any atom is 0.274 e. The number of fused-ring (bicyclic) bond motifs is 1. The van der Waals surface area contributed by atoms with Crippen LogP contribution in [0, 0.1) is 6.92 Å². The summed E-state index contributed by atoms with van der Waals surface area (Å²) in [5.74, 6) is -0.298. The van der Waals surface area contributed by atoms with E-state index in [1.165, 1.54) is 24.3 Å². The van der Waals surface area contributed by atoms with Crippen molar-refractivity contribution in [2.24, 2.45) is 5.14 Å². The molecule has 1 amide bonds. The van der Waals surface area contributed by atoms with Gasteiger partial charge in [-0.3, -0.25) is 9.20 Å². The van der Waals surface area contributed by atoms with E-state index in [1.807, 2.05) is 32.2 Å². The molecule has 7 nitrogen and oxygen atoms in total. The number of nitrogens with zero attached hydrogens (tertiary/aromatic N) is 2. The number of rotatable bonds is 5. The van der Waals surface area contributed by atoms with E-state index < -0.39 is 10.0 Å². The van der Waals surface area contributed by atoms with Crippen molar-refractivity contribution in [1.82, 2.24) is 9.38 Å². The number of pyridine rings is 1. The second-order valence-corrected chi connectivity index (χ2v) is 7.67. The lowest BCUT2D eigenvalue weighted by Gasteiger charge is -2.08. The van der Waals surface area contributed by atoms with Gasteiger partial charge in [-0.1, -0.05) is 13.3 Å². The standard InChI is InChI=1S/C18H20N4O3S/c1-3-4-15-17(22-10-9-12(2)11-16(22)21-15)18(23)20-13-5-7-14(8-6-13)26(19,24)25/h5-11H,3-4H2,1-2H3,(H,20,23)(H2,19,24,25). The number of carbonyl (C=O) groups is 1. The number of imidazole rings is 1. The molecule has 0 saturated heterocycles. The first-order valence-electron chi connectivity index (χ1n) is 8.21. The van der Waals surface area contributed by atoms with E-state index in [4.69, 9.17) is 5.14 Å². The number of aryl methyl sites for hydroxylation is 2. The summed E-state index contributed by atoms with van der Waals surface area (Å²) in [6, 6.07) is 9.57. The van der Waals surface area contributed by atoms with Crippen LogP contribution in [0.4, 0.5) is 5.69 Å². The second-order valence-electron chi connectivity index (χ2n) is 6.11. The number of sulfonamides is 1. The molecule has 8 heteroatoms. The summed E-state index contributed by atoms with van der Waals surface area (Å²) in [5.41, 5.74) is 3.49. The highest BCUT2D eigenvalue weighted by Gasteiger charge is 2.19. The lowest BCUT2D eigenvalue weighted by Crippen LogP contribution is -2.17. The molecule has 2 heterocycles. The Morgan fingerprint density at radius 3 is 2.54 bits per heavy atom. The number of amides is 1. The van der Waals surface area contributed by atoms with Crippen LogP contribution in [0.5, 0.6) is 0 Å². The van der Waals surface area contributed by atoms with Crippen molar-refractivity contribution in [2.45, 2.75) is 31.6 Å². The predicted octanol–water partition coefficient (Wildman–Crippen LogP) is 2.49. The fraction of sp³-hybridized carbons (Fsp3) is 0.222. The number of benzene rings is 1. The molecule has 26 heavy (non-hydrogen) atoms. The number of nitrogens with one attached hydrogen (secondary N) is 1. The number of aromatic nitrogens is 2. The second kappa shape index (κ2) is 6.89. The van der Waals surface area contributed by atoms with Crippen LogP contribution < -0.4 is 10.5 Å². The highest BCUT2D eigenvalue weighted by Crippen LogP contribution is 2.19. The average molecular weight is 372 g/mol. The Hall–Kier alpha value is -2.71. The molecular weight excluding hydrogens is 352 g/mol. The molecule has 0 unspecified atom stereocenters. The van der Waals surface area contributed by atoms with E-state index >= 15 is 0 Å². The Morgan fingerprint density at radius 1 is 1.23 bits per heavy atom. The fourth-order valence-corrected chi connectivity index (χ4v) is 3.28. The van der Waals surface area contributed by atoms with Crippen LogP contribution in [0.15, 0.2) is 47.5 Å². The largest absolute Gasteiger partial charge is 0.321 e. The van der Waals surface area contributed by atoms with Gasteiger partial charge in [0, 0.05) is 11.9 Å². The summed E-state index contributed by atoms with van der Waals surface area (Å²) in [7, 11) is -3.77. The Balaban J connectivity index is 1.95. The molecule has 0 spiro atoms. The van der Waals surface area contributed by atoms with Crippen molar-refractivity contribution in [1.29, 1.82) is 0 Å². The van der Waals surface area contributed by atoms with E-state index in [-0.39, 0.29) is 10.8 Å². The quantitative estimate of drug-likeness (QED) is 0.717. The third-order valence-electron chi connectivity index (χ3n) is 4.00. The number of hydrogen-bond acceptors (Lipinski definition) is 4. The zero-order chi connectivity index (χ0) is 18.9. The number of anilines is 1. The van der Waals surface area contributed by atoms with E-state index in [9.17, 15) is 13.2 Å². The van der Waals surface area contributed by atoms with Crippen LogP contribution in [-0.2, 0) is 16.4 Å². The number of nitrogens with two attached hydrogens (primary N) is 1. The molecule has 0 aliphatic heterocycles. The molecule has 136 valence electrons. The molecule has 0 aliphatic rings. The third kappa shape index (κ3) is 3.61. The first kappa shape index (κ1) is 18.1. The number of primary sulfonamides is 1. The van der Waals surface area contributed by atoms with Crippen LogP contribution in [0.1, 0.15) is 35.1 Å². The topological polar surface area (TPSA) is 107 Å². The molecule has 0 bridgehead atoms. The van der Waals surface area contributed by atoms with Gasteiger partial charge in [-0.05, 0) is 55.3 Å². The molecule has 0 saturated carbocycles. The van der Waals surface area contributed by atoms with Crippen molar-refractivity contribution in [3.05, 3.63) is 59.5 Å².